The van der Waals surface area contributed by atoms with E-state index < -0.39 is 66.0 Å². The summed E-state index contributed by atoms with van der Waals surface area (Å²) in [5.41, 5.74) is 3.91. The molecule has 1 saturated carbocycles. The third kappa shape index (κ3) is 6.72. The van der Waals surface area contributed by atoms with E-state index in [9.17, 15) is 31.5 Å². The van der Waals surface area contributed by atoms with E-state index in [0.717, 1.165) is 22.0 Å². The lowest BCUT2D eigenvalue weighted by Crippen LogP contribution is -2.49. The summed E-state index contributed by atoms with van der Waals surface area (Å²) < 4.78 is 89.1. The van der Waals surface area contributed by atoms with E-state index in [1.165, 1.54) is 49.8 Å². The summed E-state index contributed by atoms with van der Waals surface area (Å²) >= 11 is 6.30. The van der Waals surface area contributed by atoms with Crippen molar-refractivity contribution in [3.63, 3.8) is 0 Å². The Bertz CT molecular complexity index is 1810. The summed E-state index contributed by atoms with van der Waals surface area (Å²) in [6.45, 7) is -0.851. The van der Waals surface area contributed by atoms with E-state index in [-0.39, 0.29) is 29.1 Å². The lowest BCUT2D eigenvalue weighted by Gasteiger charge is -2.31. The lowest BCUT2D eigenvalue weighted by molar-refractivity contribution is -0.164. The molecule has 0 aliphatic heterocycles. The third-order valence-corrected chi connectivity index (χ3v) is 7.72. The SMILES string of the molecule is CN=C(N)N(C(=O)c1ccc(-c2cn[nH]c2)cc1F)C(COC(=O)NC1(C(F)(F)F)CC1)c1ccc(Cl)c(-n2ncnc2C(F)F)c1. The zero-order chi connectivity index (χ0) is 34.1. The van der Waals surface area contributed by atoms with Crippen molar-refractivity contribution < 1.29 is 40.7 Å². The van der Waals surface area contributed by atoms with Crippen molar-refractivity contribution in [1.29, 1.82) is 0 Å². The number of carbonyl (C=O) groups is 2. The number of hydrogen-bond donors (Lipinski definition) is 3. The van der Waals surface area contributed by atoms with Gasteiger partial charge in [-0.3, -0.25) is 19.8 Å². The van der Waals surface area contributed by atoms with Crippen LogP contribution in [0.15, 0.2) is 60.1 Å². The zero-order valence-corrected chi connectivity index (χ0v) is 24.9. The molecule has 248 valence electrons. The number of hydrogen-bond acceptors (Lipinski definition) is 7. The molecular formula is C28H24ClF6N9O3. The molecule has 12 nitrogen and oxygen atoms in total. The quantitative estimate of drug-likeness (QED) is 0.122. The van der Waals surface area contributed by atoms with Gasteiger partial charge in [0.15, 0.2) is 11.8 Å². The number of aliphatic imine (C=N–C) groups is 1. The highest BCUT2D eigenvalue weighted by molar-refractivity contribution is 6.32. The van der Waals surface area contributed by atoms with E-state index in [2.05, 4.69) is 25.3 Å². The van der Waals surface area contributed by atoms with Crippen molar-refractivity contribution in [3.05, 3.63) is 82.9 Å². The number of benzene rings is 2. The number of carbonyl (C=O) groups excluding carboxylic acids is 2. The van der Waals surface area contributed by atoms with Crippen molar-refractivity contribution in [2.24, 2.45) is 10.7 Å². The molecule has 4 N–H and O–H groups in total. The van der Waals surface area contributed by atoms with Gasteiger partial charge in [0.2, 0.25) is 0 Å². The molecule has 0 radical (unpaired) electrons. The van der Waals surface area contributed by atoms with Gasteiger partial charge in [-0.15, -0.1) is 0 Å². The fraction of sp³-hybridized carbons (Fsp3) is 0.286. The second-order valence-electron chi connectivity index (χ2n) is 10.3. The first-order valence-electron chi connectivity index (χ1n) is 13.6. The van der Waals surface area contributed by atoms with Crippen LogP contribution in [0.3, 0.4) is 0 Å². The van der Waals surface area contributed by atoms with Crippen molar-refractivity contribution in [1.82, 2.24) is 35.2 Å². The molecular weight excluding hydrogens is 660 g/mol. The highest BCUT2D eigenvalue weighted by Crippen LogP contribution is 2.49. The van der Waals surface area contributed by atoms with Gasteiger partial charge < -0.3 is 15.8 Å². The van der Waals surface area contributed by atoms with Gasteiger partial charge in [-0.25, -0.2) is 27.6 Å². The smallest absolute Gasteiger partial charge is 0.411 e. The molecule has 0 spiro atoms. The van der Waals surface area contributed by atoms with E-state index in [1.54, 1.807) is 5.32 Å². The van der Waals surface area contributed by atoms with Gasteiger partial charge >= 0.3 is 12.3 Å². The number of halogens is 7. The predicted octanol–water partition coefficient (Wildman–Crippen LogP) is 5.34. The monoisotopic (exact) mass is 683 g/mol. The normalized spacial score (nSPS) is 15.0. The maximum Gasteiger partial charge on any atom is 0.411 e. The summed E-state index contributed by atoms with van der Waals surface area (Å²) in [5, 5.41) is 11.9. The van der Waals surface area contributed by atoms with Crippen LogP contribution in [-0.2, 0) is 4.74 Å². The van der Waals surface area contributed by atoms with Crippen LogP contribution in [0, 0.1) is 5.82 Å². The van der Waals surface area contributed by atoms with Crippen molar-refractivity contribution >= 4 is 29.6 Å². The molecule has 4 aromatic rings. The largest absolute Gasteiger partial charge is 0.447 e. The van der Waals surface area contributed by atoms with Crippen LogP contribution in [0.2, 0.25) is 5.02 Å². The summed E-state index contributed by atoms with van der Waals surface area (Å²) in [5.74, 6) is -3.36. The Labute approximate surface area is 266 Å². The number of H-pyrrole nitrogens is 1. The second-order valence-corrected chi connectivity index (χ2v) is 10.7. The molecule has 19 heteroatoms. The zero-order valence-electron chi connectivity index (χ0n) is 24.1. The minimum atomic E-state index is -4.75. The molecule has 0 bridgehead atoms. The van der Waals surface area contributed by atoms with Gasteiger partial charge in [-0.1, -0.05) is 23.7 Å². The average molecular weight is 684 g/mol. The fourth-order valence-corrected chi connectivity index (χ4v) is 4.91. The maximum atomic E-state index is 15.5. The number of aromatic amines is 1. The third-order valence-electron chi connectivity index (χ3n) is 7.40. The van der Waals surface area contributed by atoms with Gasteiger partial charge in [0.1, 0.15) is 24.3 Å². The number of nitrogens with zero attached hydrogens (tertiary/aromatic N) is 6. The number of nitrogens with one attached hydrogen (secondary N) is 2. The number of alkyl carbamates (subject to hydrolysis) is 1. The molecule has 2 aromatic heterocycles. The maximum absolute atomic E-state index is 15.5. The molecule has 5 rings (SSSR count). The van der Waals surface area contributed by atoms with Crippen molar-refractivity contribution in [2.45, 2.75) is 37.0 Å². The standard InChI is InChI=1S/C28H24ClF6N9O3/c1-37-25(36)43(24(45)17-4-2-14(8-19(17)30)16-10-39-40-11-16)21(12-47-26(46)42-27(6-7-27)28(33,34)35)15-3-5-18(29)20(9-15)44-23(22(31)32)38-13-41-44/h2-5,8-11,13,21-22H,6-7,12H2,1H3,(H2,36,37)(H,39,40)(H,42,46). The van der Waals surface area contributed by atoms with Crippen molar-refractivity contribution in [3.8, 4) is 16.8 Å². The first kappa shape index (κ1) is 33.2. The molecule has 2 heterocycles. The Kier molecular flexibility index (Phi) is 9.15. The van der Waals surface area contributed by atoms with Crippen LogP contribution in [0.25, 0.3) is 16.8 Å². The van der Waals surface area contributed by atoms with Crippen LogP contribution < -0.4 is 11.1 Å². The number of guanidine groups is 1. The fourth-order valence-electron chi connectivity index (χ4n) is 4.71. The first-order chi connectivity index (χ1) is 22.3. The first-order valence-corrected chi connectivity index (χ1v) is 14.0. The van der Waals surface area contributed by atoms with Crippen molar-refractivity contribution in [2.75, 3.05) is 13.7 Å². The lowest BCUT2D eigenvalue weighted by atomic mass is 10.0. The van der Waals surface area contributed by atoms with Gasteiger partial charge in [0, 0.05) is 18.8 Å². The van der Waals surface area contributed by atoms with E-state index in [1.807, 2.05) is 0 Å². The Morgan fingerprint density at radius 2 is 1.96 bits per heavy atom. The van der Waals surface area contributed by atoms with Crippen LogP contribution >= 0.6 is 11.6 Å². The summed E-state index contributed by atoms with van der Waals surface area (Å²) in [4.78, 5) is 34.7. The van der Waals surface area contributed by atoms with Gasteiger partial charge in [-0.05, 0) is 48.2 Å². The Balaban J connectivity index is 1.56. The van der Waals surface area contributed by atoms with Crippen LogP contribution in [0.5, 0.6) is 0 Å². The molecule has 1 fully saturated rings. The number of alkyl halides is 5. The summed E-state index contributed by atoms with van der Waals surface area (Å²) in [6, 6.07) is 5.92. The number of rotatable bonds is 9. The Hall–Kier alpha value is -5.13. The molecule has 1 aliphatic carbocycles. The molecule has 1 aliphatic rings. The molecule has 0 saturated heterocycles. The highest BCUT2D eigenvalue weighted by Gasteiger charge is 2.64. The number of aromatic nitrogens is 5. The van der Waals surface area contributed by atoms with E-state index in [0.29, 0.717) is 11.1 Å². The number of nitrogens with two attached hydrogens (primary N) is 1. The van der Waals surface area contributed by atoms with Gasteiger partial charge in [-0.2, -0.15) is 23.4 Å². The number of amides is 2. The molecule has 2 amide bonds. The summed E-state index contributed by atoms with van der Waals surface area (Å²) in [7, 11) is 1.20. The number of ether oxygens (including phenoxy) is 1. The second kappa shape index (κ2) is 12.9. The molecule has 1 atom stereocenters. The van der Waals surface area contributed by atoms with Gasteiger partial charge in [0.05, 0.1) is 28.5 Å². The van der Waals surface area contributed by atoms with Gasteiger partial charge in [0.25, 0.3) is 12.3 Å². The Morgan fingerprint density at radius 3 is 2.55 bits per heavy atom. The van der Waals surface area contributed by atoms with Crippen LogP contribution in [-0.4, -0.2) is 73.2 Å². The molecule has 1 unspecified atom stereocenters. The predicted molar refractivity (Wildman–Crippen MR) is 154 cm³/mol. The molecule has 2 aromatic carbocycles. The van der Waals surface area contributed by atoms with E-state index in [4.69, 9.17) is 22.1 Å². The topological polar surface area (TPSA) is 156 Å². The van der Waals surface area contributed by atoms with E-state index >= 15 is 4.39 Å². The average Bonchev–Trinajstić information content (AvgIpc) is 3.40. The molecule has 47 heavy (non-hydrogen) atoms. The Morgan fingerprint density at radius 1 is 1.21 bits per heavy atom. The minimum absolute atomic E-state index is 0.0141. The highest BCUT2D eigenvalue weighted by atomic mass is 35.5. The van der Waals surface area contributed by atoms with Crippen LogP contribution in [0.4, 0.5) is 31.1 Å². The van der Waals surface area contributed by atoms with Crippen LogP contribution in [0.1, 0.15) is 47.1 Å². The minimum Gasteiger partial charge on any atom is -0.447 e. The summed E-state index contributed by atoms with van der Waals surface area (Å²) in [6.07, 6.45) is -6.24.